The molecule has 0 aliphatic carbocycles. The number of rotatable bonds is 2. The molecular weight excluding hydrogens is 116 g/mol. The van der Waals surface area contributed by atoms with E-state index in [0.717, 1.165) is 19.0 Å². The summed E-state index contributed by atoms with van der Waals surface area (Å²) in [4.78, 5) is 4.78. The summed E-state index contributed by atoms with van der Waals surface area (Å²) in [6, 6.07) is 0. The van der Waals surface area contributed by atoms with Crippen LogP contribution in [0.4, 0.5) is 0 Å². The minimum absolute atomic E-state index is 0.543. The number of nitrogens with zero attached hydrogens (tertiary/aromatic N) is 4. The molecule has 0 amide bonds. The lowest BCUT2D eigenvalue weighted by Crippen LogP contribution is -2.44. The van der Waals surface area contributed by atoms with Gasteiger partial charge in [-0.2, -0.15) is 0 Å². The van der Waals surface area contributed by atoms with E-state index in [2.05, 4.69) is 21.8 Å². The van der Waals surface area contributed by atoms with Crippen LogP contribution in [0.25, 0.3) is 10.4 Å². The first-order valence-electron chi connectivity index (χ1n) is 3.06. The molecule has 1 heterocycles. The zero-order chi connectivity index (χ0) is 6.69. The fraction of sp³-hybridized carbons (Fsp3) is 1.00. The van der Waals surface area contributed by atoms with E-state index in [1.807, 2.05) is 0 Å². The van der Waals surface area contributed by atoms with Gasteiger partial charge in [0.05, 0.1) is 6.67 Å². The monoisotopic (exact) mass is 126 g/mol. The van der Waals surface area contributed by atoms with E-state index < -0.39 is 0 Å². The Balaban J connectivity index is 2.10. The molecule has 0 aromatic heterocycles. The molecule has 0 saturated carbocycles. The van der Waals surface area contributed by atoms with Crippen LogP contribution in [-0.2, 0) is 0 Å². The molecule has 4 nitrogen and oxygen atoms in total. The molecule has 0 radical (unpaired) electrons. The molecule has 4 heteroatoms. The SMILES string of the molecule is CC1CN(CN=[N+]=[N-])C1. The summed E-state index contributed by atoms with van der Waals surface area (Å²) in [5.41, 5.74) is 7.93. The maximum atomic E-state index is 7.93. The third kappa shape index (κ3) is 1.59. The van der Waals surface area contributed by atoms with Crippen molar-refractivity contribution in [2.45, 2.75) is 6.92 Å². The molecule has 1 saturated heterocycles. The second-order valence-electron chi connectivity index (χ2n) is 2.51. The van der Waals surface area contributed by atoms with Gasteiger partial charge in [0.1, 0.15) is 0 Å². The van der Waals surface area contributed by atoms with Crippen LogP contribution in [0, 0.1) is 5.92 Å². The van der Waals surface area contributed by atoms with Gasteiger partial charge in [-0.25, -0.2) is 0 Å². The van der Waals surface area contributed by atoms with Crippen molar-refractivity contribution in [2.75, 3.05) is 19.8 Å². The van der Waals surface area contributed by atoms with Crippen LogP contribution < -0.4 is 0 Å². The first-order chi connectivity index (χ1) is 4.33. The predicted molar refractivity (Wildman–Crippen MR) is 34.7 cm³/mol. The zero-order valence-corrected chi connectivity index (χ0v) is 5.49. The van der Waals surface area contributed by atoms with Gasteiger partial charge in [-0.15, -0.1) is 0 Å². The van der Waals surface area contributed by atoms with E-state index in [1.54, 1.807) is 0 Å². The second-order valence-corrected chi connectivity index (χ2v) is 2.51. The van der Waals surface area contributed by atoms with Crippen molar-refractivity contribution in [1.82, 2.24) is 4.90 Å². The van der Waals surface area contributed by atoms with Gasteiger partial charge in [0, 0.05) is 18.0 Å². The van der Waals surface area contributed by atoms with Crippen LogP contribution >= 0.6 is 0 Å². The average molecular weight is 126 g/mol. The van der Waals surface area contributed by atoms with E-state index in [9.17, 15) is 0 Å². The Morgan fingerprint density at radius 1 is 1.78 bits per heavy atom. The highest BCUT2D eigenvalue weighted by Gasteiger charge is 2.20. The maximum absolute atomic E-state index is 7.93. The second kappa shape index (κ2) is 2.71. The molecule has 0 bridgehead atoms. The zero-order valence-electron chi connectivity index (χ0n) is 5.49. The molecule has 0 unspecified atom stereocenters. The average Bonchev–Trinajstić information content (AvgIpc) is 1.78. The molecule has 0 N–H and O–H groups in total. The lowest BCUT2D eigenvalue weighted by molar-refractivity contribution is 0.117. The topological polar surface area (TPSA) is 52.0 Å². The normalized spacial score (nSPS) is 20.6. The van der Waals surface area contributed by atoms with Crippen LogP contribution in [0.3, 0.4) is 0 Å². The van der Waals surface area contributed by atoms with Crippen LogP contribution in [0.2, 0.25) is 0 Å². The highest BCUT2D eigenvalue weighted by Crippen LogP contribution is 2.12. The van der Waals surface area contributed by atoms with Gasteiger partial charge < -0.3 is 0 Å². The Morgan fingerprint density at radius 3 is 2.89 bits per heavy atom. The van der Waals surface area contributed by atoms with Gasteiger partial charge in [-0.1, -0.05) is 12.0 Å². The highest BCUT2D eigenvalue weighted by atomic mass is 15.3. The number of hydrogen-bond donors (Lipinski definition) is 0. The van der Waals surface area contributed by atoms with Crippen LogP contribution in [0.1, 0.15) is 6.92 Å². The largest absolute Gasteiger partial charge is 0.297 e. The lowest BCUT2D eigenvalue weighted by atomic mass is 10.0. The number of hydrogen-bond acceptors (Lipinski definition) is 2. The molecule has 1 rings (SSSR count). The molecular formula is C5H10N4. The summed E-state index contributed by atoms with van der Waals surface area (Å²) in [5.74, 6) is 0.791. The number of azide groups is 1. The molecule has 0 atom stereocenters. The summed E-state index contributed by atoms with van der Waals surface area (Å²) in [7, 11) is 0. The predicted octanol–water partition coefficient (Wildman–Crippen LogP) is 1.21. The summed E-state index contributed by atoms with van der Waals surface area (Å²) in [6.45, 7) is 4.89. The highest BCUT2D eigenvalue weighted by molar-refractivity contribution is 4.74. The van der Waals surface area contributed by atoms with Crippen molar-refractivity contribution in [2.24, 2.45) is 11.0 Å². The molecule has 9 heavy (non-hydrogen) atoms. The van der Waals surface area contributed by atoms with Gasteiger partial charge in [-0.3, -0.25) is 4.90 Å². The number of likely N-dealkylation sites (tertiary alicyclic amines) is 1. The Labute approximate surface area is 54.1 Å². The van der Waals surface area contributed by atoms with Crippen molar-refractivity contribution < 1.29 is 0 Å². The van der Waals surface area contributed by atoms with Crippen molar-refractivity contribution in [3.8, 4) is 0 Å². The third-order valence-electron chi connectivity index (χ3n) is 1.47. The van der Waals surface area contributed by atoms with E-state index in [-0.39, 0.29) is 0 Å². The van der Waals surface area contributed by atoms with Gasteiger partial charge >= 0.3 is 0 Å². The Bertz CT molecular complexity index is 132. The van der Waals surface area contributed by atoms with Gasteiger partial charge in [-0.05, 0) is 11.4 Å². The molecule has 50 valence electrons. The van der Waals surface area contributed by atoms with E-state index >= 15 is 0 Å². The fourth-order valence-corrected chi connectivity index (χ4v) is 1.06. The minimum Gasteiger partial charge on any atom is -0.297 e. The maximum Gasteiger partial charge on any atom is 0.0774 e. The smallest absolute Gasteiger partial charge is 0.0774 e. The Morgan fingerprint density at radius 2 is 2.44 bits per heavy atom. The van der Waals surface area contributed by atoms with E-state index in [1.165, 1.54) is 0 Å². The molecule has 1 fully saturated rings. The van der Waals surface area contributed by atoms with Crippen LogP contribution in [0.15, 0.2) is 5.11 Å². The summed E-state index contributed by atoms with van der Waals surface area (Å²) in [5, 5.41) is 3.43. The molecule has 1 aliphatic rings. The minimum atomic E-state index is 0.543. The van der Waals surface area contributed by atoms with Crippen LogP contribution in [-0.4, -0.2) is 24.7 Å². The van der Waals surface area contributed by atoms with Gasteiger partial charge in [0.2, 0.25) is 0 Å². The van der Waals surface area contributed by atoms with E-state index in [0.29, 0.717) is 6.67 Å². The molecule has 0 aromatic rings. The molecule has 0 spiro atoms. The van der Waals surface area contributed by atoms with Gasteiger partial charge in [0.15, 0.2) is 0 Å². The lowest BCUT2D eigenvalue weighted by Gasteiger charge is -2.35. The van der Waals surface area contributed by atoms with Crippen molar-refractivity contribution in [3.05, 3.63) is 10.4 Å². The molecule has 1 aliphatic heterocycles. The van der Waals surface area contributed by atoms with Crippen LogP contribution in [0.5, 0.6) is 0 Å². The Hall–Kier alpha value is -0.730. The first kappa shape index (κ1) is 6.39. The quantitative estimate of drug-likeness (QED) is 0.311. The van der Waals surface area contributed by atoms with Gasteiger partial charge in [0.25, 0.3) is 0 Å². The first-order valence-corrected chi connectivity index (χ1v) is 3.06. The fourth-order valence-electron chi connectivity index (χ4n) is 1.06. The van der Waals surface area contributed by atoms with Crippen molar-refractivity contribution in [1.29, 1.82) is 0 Å². The van der Waals surface area contributed by atoms with Crippen molar-refractivity contribution >= 4 is 0 Å². The molecule has 0 aromatic carbocycles. The summed E-state index contributed by atoms with van der Waals surface area (Å²) >= 11 is 0. The third-order valence-corrected chi connectivity index (χ3v) is 1.47. The summed E-state index contributed by atoms with van der Waals surface area (Å²) < 4.78 is 0. The standard InChI is InChI=1S/C5H10N4/c1-5-2-9(3-5)4-7-8-6/h5H,2-4H2,1H3. The van der Waals surface area contributed by atoms with Crippen molar-refractivity contribution in [3.63, 3.8) is 0 Å². The summed E-state index contributed by atoms with van der Waals surface area (Å²) in [6.07, 6.45) is 0. The Kier molecular flexibility index (Phi) is 1.92. The van der Waals surface area contributed by atoms with E-state index in [4.69, 9.17) is 5.53 Å².